The van der Waals surface area contributed by atoms with Gasteiger partial charge >= 0.3 is 12.3 Å². The minimum atomic E-state index is -3.96. The molecule has 0 fully saturated rings. The van der Waals surface area contributed by atoms with Crippen LogP contribution in [0.5, 0.6) is 0 Å². The first-order valence-corrected chi connectivity index (χ1v) is 5.85. The van der Waals surface area contributed by atoms with Gasteiger partial charge in [-0.25, -0.2) is 8.78 Å². The molecule has 102 valence electrons. The van der Waals surface area contributed by atoms with Crippen LogP contribution in [0.4, 0.5) is 17.6 Å². The van der Waals surface area contributed by atoms with E-state index in [4.69, 9.17) is 0 Å². The molecule has 1 unspecified atom stereocenters. The molecular weight excluding hydrogens is 246 g/mol. The Morgan fingerprint density at radius 3 is 2.33 bits per heavy atom. The van der Waals surface area contributed by atoms with Crippen LogP contribution in [-0.2, 0) is 6.42 Å². The van der Waals surface area contributed by atoms with E-state index >= 15 is 0 Å². The summed E-state index contributed by atoms with van der Waals surface area (Å²) < 4.78 is 49.2. The number of halogens is 4. The molecule has 0 saturated carbocycles. The first-order valence-electron chi connectivity index (χ1n) is 5.85. The molecule has 5 heteroatoms. The van der Waals surface area contributed by atoms with Gasteiger partial charge in [0.1, 0.15) is 0 Å². The standard InChI is InChI=1S/C13H17F4N/c1-10(18-9-13(16,17)12(14)15)7-8-11-5-3-2-4-6-11/h2-6,10,12,18H,7-9H2,1H3. The van der Waals surface area contributed by atoms with Crippen LogP contribution in [0, 0.1) is 0 Å². The molecule has 0 amide bonds. The number of nitrogens with one attached hydrogen (secondary N) is 1. The maximum absolute atomic E-state index is 12.7. The fourth-order valence-corrected chi connectivity index (χ4v) is 1.52. The Bertz CT molecular complexity index is 340. The quantitative estimate of drug-likeness (QED) is 0.742. The fraction of sp³-hybridized carbons (Fsp3) is 0.538. The van der Waals surface area contributed by atoms with E-state index in [0.29, 0.717) is 6.42 Å². The number of hydrogen-bond acceptors (Lipinski definition) is 1. The summed E-state index contributed by atoms with van der Waals surface area (Å²) in [5.74, 6) is -3.96. The van der Waals surface area contributed by atoms with Gasteiger partial charge in [0.05, 0.1) is 6.54 Å². The van der Waals surface area contributed by atoms with Crippen molar-refractivity contribution >= 4 is 0 Å². The number of aryl methyl sites for hydroxylation is 1. The van der Waals surface area contributed by atoms with Gasteiger partial charge in [-0.15, -0.1) is 0 Å². The minimum Gasteiger partial charge on any atom is -0.308 e. The SMILES string of the molecule is CC(CCc1ccccc1)NCC(F)(F)C(F)F. The predicted octanol–water partition coefficient (Wildman–Crippen LogP) is 3.50. The highest BCUT2D eigenvalue weighted by atomic mass is 19.3. The molecule has 1 nitrogen and oxygen atoms in total. The van der Waals surface area contributed by atoms with Gasteiger partial charge in [-0.05, 0) is 25.3 Å². The van der Waals surface area contributed by atoms with Crippen molar-refractivity contribution in [1.29, 1.82) is 0 Å². The summed E-state index contributed by atoms with van der Waals surface area (Å²) in [5, 5.41) is 2.44. The molecule has 0 aromatic heterocycles. The van der Waals surface area contributed by atoms with Crippen LogP contribution in [0.25, 0.3) is 0 Å². The van der Waals surface area contributed by atoms with Gasteiger partial charge in [0.25, 0.3) is 0 Å². The second-order valence-electron chi connectivity index (χ2n) is 4.37. The van der Waals surface area contributed by atoms with Gasteiger partial charge < -0.3 is 5.32 Å². The van der Waals surface area contributed by atoms with Crippen molar-refractivity contribution < 1.29 is 17.6 Å². The van der Waals surface area contributed by atoms with Crippen molar-refractivity contribution in [1.82, 2.24) is 5.32 Å². The van der Waals surface area contributed by atoms with Crippen molar-refractivity contribution in [2.45, 2.75) is 38.2 Å². The van der Waals surface area contributed by atoms with Gasteiger partial charge in [0.2, 0.25) is 0 Å². The molecule has 1 rings (SSSR count). The molecule has 18 heavy (non-hydrogen) atoms. The fourth-order valence-electron chi connectivity index (χ4n) is 1.52. The number of benzene rings is 1. The summed E-state index contributed by atoms with van der Waals surface area (Å²) in [6.45, 7) is 0.727. The summed E-state index contributed by atoms with van der Waals surface area (Å²) in [7, 11) is 0. The molecular formula is C13H17F4N. The molecule has 0 aliphatic carbocycles. The Morgan fingerprint density at radius 1 is 1.17 bits per heavy atom. The predicted molar refractivity (Wildman–Crippen MR) is 63.2 cm³/mol. The Balaban J connectivity index is 2.28. The van der Waals surface area contributed by atoms with Crippen LogP contribution in [-0.4, -0.2) is 24.9 Å². The highest BCUT2D eigenvalue weighted by molar-refractivity contribution is 5.14. The van der Waals surface area contributed by atoms with Crippen LogP contribution >= 0.6 is 0 Å². The first-order chi connectivity index (χ1) is 8.42. The van der Waals surface area contributed by atoms with Crippen LogP contribution in [0.1, 0.15) is 18.9 Å². The van der Waals surface area contributed by atoms with E-state index in [1.807, 2.05) is 30.3 Å². The van der Waals surface area contributed by atoms with Gasteiger partial charge in [-0.1, -0.05) is 30.3 Å². The molecule has 0 aliphatic heterocycles. The van der Waals surface area contributed by atoms with Crippen LogP contribution in [0.3, 0.4) is 0 Å². The lowest BCUT2D eigenvalue weighted by atomic mass is 10.1. The van der Waals surface area contributed by atoms with E-state index in [9.17, 15) is 17.6 Å². The Morgan fingerprint density at radius 2 is 1.78 bits per heavy atom. The molecule has 1 aromatic rings. The molecule has 0 radical (unpaired) electrons. The average molecular weight is 263 g/mol. The zero-order valence-corrected chi connectivity index (χ0v) is 10.2. The van der Waals surface area contributed by atoms with Gasteiger partial charge in [0.15, 0.2) is 0 Å². The maximum Gasteiger partial charge on any atom is 0.319 e. The number of rotatable bonds is 7. The van der Waals surface area contributed by atoms with Crippen LogP contribution in [0.2, 0.25) is 0 Å². The molecule has 0 heterocycles. The third kappa shape index (κ3) is 5.04. The van der Waals surface area contributed by atoms with Crippen molar-refractivity contribution in [2.24, 2.45) is 0 Å². The molecule has 0 saturated heterocycles. The first kappa shape index (κ1) is 15.0. The maximum atomic E-state index is 12.7. The molecule has 1 N–H and O–H groups in total. The highest BCUT2D eigenvalue weighted by Crippen LogP contribution is 2.21. The van der Waals surface area contributed by atoms with Gasteiger partial charge in [-0.3, -0.25) is 0 Å². The van der Waals surface area contributed by atoms with E-state index in [1.54, 1.807) is 6.92 Å². The zero-order valence-electron chi connectivity index (χ0n) is 10.2. The monoisotopic (exact) mass is 263 g/mol. The largest absolute Gasteiger partial charge is 0.319 e. The molecule has 1 aromatic carbocycles. The summed E-state index contributed by atoms with van der Waals surface area (Å²) in [6, 6.07) is 9.36. The van der Waals surface area contributed by atoms with Gasteiger partial charge in [0, 0.05) is 6.04 Å². The second-order valence-corrected chi connectivity index (χ2v) is 4.37. The lowest BCUT2D eigenvalue weighted by Crippen LogP contribution is -2.42. The van der Waals surface area contributed by atoms with E-state index in [-0.39, 0.29) is 6.04 Å². The third-order valence-electron chi connectivity index (χ3n) is 2.71. The minimum absolute atomic E-state index is 0.227. The summed E-state index contributed by atoms with van der Waals surface area (Å²) in [6.07, 6.45) is -2.26. The van der Waals surface area contributed by atoms with Crippen molar-refractivity contribution in [3.8, 4) is 0 Å². The van der Waals surface area contributed by atoms with Crippen molar-refractivity contribution in [3.05, 3.63) is 35.9 Å². The molecule has 1 atom stereocenters. The zero-order chi connectivity index (χ0) is 13.6. The van der Waals surface area contributed by atoms with Gasteiger partial charge in [-0.2, -0.15) is 8.78 Å². The molecule has 0 spiro atoms. The van der Waals surface area contributed by atoms with E-state index in [2.05, 4.69) is 5.32 Å². The Labute approximate surface area is 104 Å². The second kappa shape index (κ2) is 6.73. The third-order valence-corrected chi connectivity index (χ3v) is 2.71. The normalized spacial score (nSPS) is 13.9. The number of hydrogen-bond donors (Lipinski definition) is 1. The lowest BCUT2D eigenvalue weighted by Gasteiger charge is -2.19. The number of alkyl halides is 4. The van der Waals surface area contributed by atoms with Crippen LogP contribution < -0.4 is 5.32 Å². The summed E-state index contributed by atoms with van der Waals surface area (Å²) in [4.78, 5) is 0. The Hall–Kier alpha value is -1.10. The lowest BCUT2D eigenvalue weighted by molar-refractivity contribution is -0.126. The van der Waals surface area contributed by atoms with E-state index in [0.717, 1.165) is 12.0 Å². The van der Waals surface area contributed by atoms with E-state index < -0.39 is 18.9 Å². The topological polar surface area (TPSA) is 12.0 Å². The van der Waals surface area contributed by atoms with Crippen molar-refractivity contribution in [3.63, 3.8) is 0 Å². The van der Waals surface area contributed by atoms with Crippen molar-refractivity contribution in [2.75, 3.05) is 6.54 Å². The molecule has 0 bridgehead atoms. The average Bonchev–Trinajstić information content (AvgIpc) is 2.35. The summed E-state index contributed by atoms with van der Waals surface area (Å²) in [5.41, 5.74) is 1.10. The Kier molecular flexibility index (Phi) is 5.59. The molecule has 0 aliphatic rings. The highest BCUT2D eigenvalue weighted by Gasteiger charge is 2.40. The smallest absolute Gasteiger partial charge is 0.308 e. The summed E-state index contributed by atoms with van der Waals surface area (Å²) >= 11 is 0. The van der Waals surface area contributed by atoms with Crippen LogP contribution in [0.15, 0.2) is 30.3 Å². The van der Waals surface area contributed by atoms with E-state index in [1.165, 1.54) is 0 Å².